The number of aryl methyl sites for hydroxylation is 2. The summed E-state index contributed by atoms with van der Waals surface area (Å²) in [5.41, 5.74) is 5.66. The first-order chi connectivity index (χ1) is 15.8. The number of pyridine rings is 1. The maximum absolute atomic E-state index is 13.1. The highest BCUT2D eigenvalue weighted by atomic mass is 35.5. The lowest BCUT2D eigenvalue weighted by Gasteiger charge is -2.13. The number of nitrogens with one attached hydrogen (secondary N) is 2. The van der Waals surface area contributed by atoms with Crippen molar-refractivity contribution < 1.29 is 4.79 Å². The maximum atomic E-state index is 13.1. The highest BCUT2D eigenvalue weighted by Crippen LogP contribution is 2.26. The lowest BCUT2D eigenvalue weighted by Crippen LogP contribution is -2.24. The predicted octanol–water partition coefficient (Wildman–Crippen LogP) is 4.96. The molecule has 0 saturated heterocycles. The Morgan fingerprint density at radius 1 is 1.06 bits per heavy atom. The van der Waals surface area contributed by atoms with E-state index in [9.17, 15) is 4.79 Å². The van der Waals surface area contributed by atoms with Crippen LogP contribution in [0.15, 0.2) is 67.3 Å². The first-order valence-corrected chi connectivity index (χ1v) is 11.1. The second-order valence-corrected chi connectivity index (χ2v) is 8.72. The van der Waals surface area contributed by atoms with E-state index in [0.29, 0.717) is 34.3 Å². The van der Waals surface area contributed by atoms with Crippen molar-refractivity contribution in [2.24, 2.45) is 7.05 Å². The van der Waals surface area contributed by atoms with Gasteiger partial charge in [-0.1, -0.05) is 29.3 Å². The lowest BCUT2D eigenvalue weighted by atomic mass is 9.97. The van der Waals surface area contributed by atoms with E-state index < -0.39 is 0 Å². The fourth-order valence-electron chi connectivity index (χ4n) is 3.65. The van der Waals surface area contributed by atoms with Gasteiger partial charge >= 0.3 is 0 Å². The van der Waals surface area contributed by atoms with Gasteiger partial charge in [0, 0.05) is 43.9 Å². The van der Waals surface area contributed by atoms with Gasteiger partial charge in [0.15, 0.2) is 0 Å². The van der Waals surface area contributed by atoms with Crippen LogP contribution >= 0.6 is 23.2 Å². The molecule has 2 aromatic heterocycles. The third-order valence-corrected chi connectivity index (χ3v) is 6.19. The van der Waals surface area contributed by atoms with Crippen LogP contribution in [0.3, 0.4) is 0 Å². The van der Waals surface area contributed by atoms with Gasteiger partial charge in [-0.15, -0.1) is 0 Å². The van der Waals surface area contributed by atoms with E-state index in [0.717, 1.165) is 27.8 Å². The minimum atomic E-state index is -0.194. The summed E-state index contributed by atoms with van der Waals surface area (Å²) in [6, 6.07) is 13.0. The number of halogens is 2. The van der Waals surface area contributed by atoms with Crippen LogP contribution in [0.25, 0.3) is 11.1 Å². The Morgan fingerprint density at radius 2 is 1.88 bits per heavy atom. The number of hydrogen-bond acceptors (Lipinski definition) is 3. The average Bonchev–Trinajstić information content (AvgIpc) is 3.12. The number of carbonyl (C=O) groups is 1. The molecule has 0 unspecified atom stereocenters. The molecule has 4 rings (SSSR count). The monoisotopic (exact) mass is 479 g/mol. The predicted molar refractivity (Wildman–Crippen MR) is 130 cm³/mol. The summed E-state index contributed by atoms with van der Waals surface area (Å²) < 4.78 is 3.57. The highest BCUT2D eigenvalue weighted by Gasteiger charge is 2.13. The number of nitrogens with zero attached hydrogens (tertiary/aromatic N) is 3. The van der Waals surface area contributed by atoms with Gasteiger partial charge in [0.2, 0.25) is 5.62 Å². The second kappa shape index (κ2) is 9.65. The minimum absolute atomic E-state index is 0.194. The molecule has 0 aliphatic carbocycles. The molecular formula is C25H23Cl2N5O. The van der Waals surface area contributed by atoms with Crippen molar-refractivity contribution in [2.45, 2.75) is 20.0 Å². The van der Waals surface area contributed by atoms with Crippen molar-refractivity contribution in [3.05, 3.63) is 105 Å². The minimum Gasteiger partial charge on any atom is -0.348 e. The topological polar surface area (TPSA) is 75.7 Å². The van der Waals surface area contributed by atoms with Crippen LogP contribution in [0.5, 0.6) is 0 Å². The van der Waals surface area contributed by atoms with Gasteiger partial charge in [-0.25, -0.2) is 0 Å². The number of imidazole rings is 1. The summed E-state index contributed by atoms with van der Waals surface area (Å²) in [6.45, 7) is 2.80. The number of hydrogen-bond donors (Lipinski definition) is 2. The molecule has 8 heteroatoms. The molecule has 0 bridgehead atoms. The molecule has 0 aliphatic rings. The van der Waals surface area contributed by atoms with E-state index in [1.165, 1.54) is 0 Å². The van der Waals surface area contributed by atoms with E-state index in [4.69, 9.17) is 28.6 Å². The van der Waals surface area contributed by atoms with E-state index in [-0.39, 0.29) is 5.91 Å². The third-order valence-electron chi connectivity index (χ3n) is 5.45. The van der Waals surface area contributed by atoms with Gasteiger partial charge in [0.05, 0.1) is 16.6 Å². The summed E-state index contributed by atoms with van der Waals surface area (Å²) in [4.78, 5) is 17.3. The number of aromatic nitrogens is 3. The van der Waals surface area contributed by atoms with Gasteiger partial charge in [-0.3, -0.25) is 15.2 Å². The molecule has 0 fully saturated rings. The van der Waals surface area contributed by atoms with Crippen molar-refractivity contribution in [1.82, 2.24) is 19.4 Å². The number of benzene rings is 2. The summed E-state index contributed by atoms with van der Waals surface area (Å²) in [5, 5.41) is 12.1. The van der Waals surface area contributed by atoms with Crippen LogP contribution in [0, 0.1) is 12.3 Å². The molecule has 0 atom stereocenters. The fourth-order valence-corrected chi connectivity index (χ4v) is 3.97. The van der Waals surface area contributed by atoms with Gasteiger partial charge in [-0.05, 0) is 71.1 Å². The zero-order valence-electron chi connectivity index (χ0n) is 18.3. The summed E-state index contributed by atoms with van der Waals surface area (Å²) in [7, 11) is 1.83. The molecular weight excluding hydrogens is 457 g/mol. The van der Waals surface area contributed by atoms with Crippen molar-refractivity contribution >= 4 is 29.1 Å². The van der Waals surface area contributed by atoms with Crippen LogP contribution in [-0.4, -0.2) is 20.0 Å². The first-order valence-electron chi connectivity index (χ1n) is 10.4. The number of carbonyl (C=O) groups excluding carboxylic acids is 1. The van der Waals surface area contributed by atoms with Gasteiger partial charge < -0.3 is 14.5 Å². The summed E-state index contributed by atoms with van der Waals surface area (Å²) in [5.74, 6) is -0.194. The first kappa shape index (κ1) is 22.8. The standard InChI is InChI=1S/C25H23Cl2N5O/c1-16-13-29-6-5-21(16)19-9-18(15-32-8-7-31(2)25(32)28)10-20(12-19)24(33)30-14-17-3-4-22(26)23(27)11-17/h3-13,28H,14-15H2,1-2H3,(H,30,33). The Hall–Kier alpha value is -3.35. The normalized spacial score (nSPS) is 10.9. The van der Waals surface area contributed by atoms with Crippen molar-refractivity contribution in [2.75, 3.05) is 0 Å². The van der Waals surface area contributed by atoms with Crippen molar-refractivity contribution in [3.8, 4) is 11.1 Å². The van der Waals surface area contributed by atoms with E-state index in [2.05, 4.69) is 16.4 Å². The Kier molecular flexibility index (Phi) is 6.67. The van der Waals surface area contributed by atoms with Crippen molar-refractivity contribution in [3.63, 3.8) is 0 Å². The van der Waals surface area contributed by atoms with Crippen LogP contribution in [0.1, 0.15) is 27.0 Å². The van der Waals surface area contributed by atoms with E-state index in [1.807, 2.05) is 55.2 Å². The molecule has 6 nitrogen and oxygen atoms in total. The second-order valence-electron chi connectivity index (χ2n) is 7.90. The Bertz CT molecular complexity index is 1390. The van der Waals surface area contributed by atoms with Crippen LogP contribution in [-0.2, 0) is 20.1 Å². The van der Waals surface area contributed by atoms with Gasteiger partial charge in [-0.2, -0.15) is 0 Å². The van der Waals surface area contributed by atoms with Crippen LogP contribution < -0.4 is 10.9 Å². The molecule has 2 heterocycles. The van der Waals surface area contributed by atoms with Crippen molar-refractivity contribution in [1.29, 1.82) is 5.41 Å². The largest absolute Gasteiger partial charge is 0.348 e. The molecule has 0 spiro atoms. The van der Waals surface area contributed by atoms with Gasteiger partial charge in [0.25, 0.3) is 5.91 Å². The molecule has 0 radical (unpaired) electrons. The maximum Gasteiger partial charge on any atom is 0.251 e. The molecule has 2 aromatic carbocycles. The lowest BCUT2D eigenvalue weighted by molar-refractivity contribution is 0.0951. The molecule has 0 saturated carbocycles. The third kappa shape index (κ3) is 5.18. The number of amides is 1. The zero-order chi connectivity index (χ0) is 23.5. The van der Waals surface area contributed by atoms with Crippen LogP contribution in [0.4, 0.5) is 0 Å². The molecule has 2 N–H and O–H groups in total. The smallest absolute Gasteiger partial charge is 0.251 e. The summed E-state index contributed by atoms with van der Waals surface area (Å²) >= 11 is 12.1. The summed E-state index contributed by atoms with van der Waals surface area (Å²) in [6.07, 6.45) is 7.24. The molecule has 0 aliphatic heterocycles. The highest BCUT2D eigenvalue weighted by molar-refractivity contribution is 6.42. The molecule has 33 heavy (non-hydrogen) atoms. The molecule has 4 aromatic rings. The molecule has 168 valence electrons. The fraction of sp³-hybridized carbons (Fsp3) is 0.160. The van der Waals surface area contributed by atoms with Gasteiger partial charge in [0.1, 0.15) is 0 Å². The van der Waals surface area contributed by atoms with E-state index in [1.54, 1.807) is 29.1 Å². The average molecular weight is 480 g/mol. The number of rotatable bonds is 6. The quantitative estimate of drug-likeness (QED) is 0.409. The van der Waals surface area contributed by atoms with E-state index >= 15 is 0 Å². The Balaban J connectivity index is 1.66. The molecule has 1 amide bonds. The zero-order valence-corrected chi connectivity index (χ0v) is 19.8. The SMILES string of the molecule is Cc1cnccc1-c1cc(Cn2ccn(C)c2=N)cc(C(=O)NCc2ccc(Cl)c(Cl)c2)c1. The Labute approximate surface area is 201 Å². The Morgan fingerprint density at radius 3 is 2.58 bits per heavy atom. The van der Waals surface area contributed by atoms with Crippen LogP contribution in [0.2, 0.25) is 10.0 Å².